The molecule has 18 heavy (non-hydrogen) atoms. The molecule has 1 aliphatic rings. The van der Waals surface area contributed by atoms with E-state index in [2.05, 4.69) is 12.2 Å². The Morgan fingerprint density at radius 3 is 2.83 bits per heavy atom. The minimum absolute atomic E-state index is 0.349. The lowest BCUT2D eigenvalue weighted by atomic mass is 9.88. The summed E-state index contributed by atoms with van der Waals surface area (Å²) < 4.78 is 10.8. The summed E-state index contributed by atoms with van der Waals surface area (Å²) in [7, 11) is 1.70. The zero-order valence-corrected chi connectivity index (χ0v) is 11.9. The third-order valence-electron chi connectivity index (χ3n) is 3.62. The van der Waals surface area contributed by atoms with Crippen LogP contribution in [0.15, 0.2) is 0 Å². The molecule has 4 nitrogen and oxygen atoms in total. The van der Waals surface area contributed by atoms with E-state index in [4.69, 9.17) is 9.47 Å². The van der Waals surface area contributed by atoms with Crippen molar-refractivity contribution >= 4 is 0 Å². The highest BCUT2D eigenvalue weighted by Gasteiger charge is 2.22. The predicted octanol–water partition coefficient (Wildman–Crippen LogP) is 1.57. The fraction of sp³-hybridized carbons (Fsp3) is 1.00. The number of methoxy groups -OCH3 is 1. The smallest absolute Gasteiger partial charge is 0.0897 e. The van der Waals surface area contributed by atoms with Crippen LogP contribution in [0.1, 0.15) is 39.0 Å². The molecular formula is C14H29NO3. The highest BCUT2D eigenvalue weighted by Crippen LogP contribution is 2.26. The van der Waals surface area contributed by atoms with Crippen LogP contribution in [0.3, 0.4) is 0 Å². The van der Waals surface area contributed by atoms with E-state index in [1.165, 1.54) is 19.3 Å². The highest BCUT2D eigenvalue weighted by atomic mass is 16.5. The molecule has 108 valence electrons. The molecule has 0 aromatic heterocycles. The van der Waals surface area contributed by atoms with Gasteiger partial charge in [-0.1, -0.05) is 19.8 Å². The molecule has 0 heterocycles. The monoisotopic (exact) mass is 259 g/mol. The molecule has 1 saturated carbocycles. The van der Waals surface area contributed by atoms with Gasteiger partial charge in [-0.2, -0.15) is 0 Å². The van der Waals surface area contributed by atoms with Gasteiger partial charge in [0.15, 0.2) is 0 Å². The maximum Gasteiger partial charge on any atom is 0.0897 e. The Hall–Kier alpha value is -0.160. The van der Waals surface area contributed by atoms with E-state index in [-0.39, 0.29) is 0 Å². The number of ether oxygens (including phenoxy) is 2. The van der Waals surface area contributed by atoms with Crippen LogP contribution in [0.5, 0.6) is 0 Å². The highest BCUT2D eigenvalue weighted by molar-refractivity contribution is 4.73. The Bertz CT molecular complexity index is 201. The van der Waals surface area contributed by atoms with E-state index < -0.39 is 6.10 Å². The van der Waals surface area contributed by atoms with E-state index in [0.29, 0.717) is 25.2 Å². The number of hydrogen-bond acceptors (Lipinski definition) is 4. The van der Waals surface area contributed by atoms with Crippen LogP contribution in [0.4, 0.5) is 0 Å². The third kappa shape index (κ3) is 6.69. The quantitative estimate of drug-likeness (QED) is 0.617. The molecule has 3 atom stereocenters. The zero-order valence-electron chi connectivity index (χ0n) is 11.9. The summed E-state index contributed by atoms with van der Waals surface area (Å²) in [4.78, 5) is 0. The normalized spacial score (nSPS) is 26.2. The lowest BCUT2D eigenvalue weighted by molar-refractivity contribution is -0.0451. The number of aliphatic hydroxyl groups excluding tert-OH is 1. The summed E-state index contributed by atoms with van der Waals surface area (Å²) >= 11 is 0. The van der Waals surface area contributed by atoms with E-state index >= 15 is 0 Å². The molecule has 0 spiro atoms. The molecule has 1 fully saturated rings. The summed E-state index contributed by atoms with van der Waals surface area (Å²) in [5.41, 5.74) is 0. The Morgan fingerprint density at radius 2 is 2.11 bits per heavy atom. The average molecular weight is 259 g/mol. The van der Waals surface area contributed by atoms with Crippen molar-refractivity contribution in [1.82, 2.24) is 5.32 Å². The van der Waals surface area contributed by atoms with E-state index in [0.717, 1.165) is 26.0 Å². The predicted molar refractivity (Wildman–Crippen MR) is 72.7 cm³/mol. The molecule has 0 bridgehead atoms. The van der Waals surface area contributed by atoms with Gasteiger partial charge in [-0.15, -0.1) is 0 Å². The van der Waals surface area contributed by atoms with Gasteiger partial charge >= 0.3 is 0 Å². The van der Waals surface area contributed by atoms with Crippen molar-refractivity contribution in [2.75, 3.05) is 33.4 Å². The second-order valence-electron chi connectivity index (χ2n) is 5.34. The van der Waals surface area contributed by atoms with Crippen molar-refractivity contribution in [3.63, 3.8) is 0 Å². The van der Waals surface area contributed by atoms with Crippen molar-refractivity contribution in [3.05, 3.63) is 0 Å². The van der Waals surface area contributed by atoms with Gasteiger partial charge in [-0.05, 0) is 31.7 Å². The second kappa shape index (κ2) is 9.73. The van der Waals surface area contributed by atoms with Gasteiger partial charge in [0.1, 0.15) is 0 Å². The van der Waals surface area contributed by atoms with Crippen LogP contribution in [0.2, 0.25) is 0 Å². The van der Waals surface area contributed by atoms with Crippen LogP contribution in [0.25, 0.3) is 0 Å². The molecule has 2 N–H and O–H groups in total. The molecule has 4 heteroatoms. The number of rotatable bonds is 9. The Morgan fingerprint density at radius 1 is 1.33 bits per heavy atom. The van der Waals surface area contributed by atoms with Gasteiger partial charge in [0.2, 0.25) is 0 Å². The van der Waals surface area contributed by atoms with Crippen molar-refractivity contribution in [2.45, 2.75) is 51.2 Å². The molecule has 0 aliphatic heterocycles. The molecule has 0 aromatic rings. The molecule has 0 saturated heterocycles. The van der Waals surface area contributed by atoms with Gasteiger partial charge in [0.05, 0.1) is 18.8 Å². The first-order valence-electron chi connectivity index (χ1n) is 7.23. The van der Waals surface area contributed by atoms with Crippen molar-refractivity contribution < 1.29 is 14.6 Å². The molecule has 1 aliphatic carbocycles. The fourth-order valence-corrected chi connectivity index (χ4v) is 2.43. The number of aliphatic hydroxyl groups is 1. The number of nitrogens with one attached hydrogen (secondary N) is 1. The van der Waals surface area contributed by atoms with Gasteiger partial charge in [-0.3, -0.25) is 0 Å². The van der Waals surface area contributed by atoms with Gasteiger partial charge < -0.3 is 19.9 Å². The van der Waals surface area contributed by atoms with Crippen LogP contribution in [0, 0.1) is 5.92 Å². The van der Waals surface area contributed by atoms with E-state index in [9.17, 15) is 5.11 Å². The van der Waals surface area contributed by atoms with Crippen LogP contribution >= 0.6 is 0 Å². The van der Waals surface area contributed by atoms with Crippen LogP contribution < -0.4 is 5.32 Å². The first kappa shape index (κ1) is 15.9. The lowest BCUT2D eigenvalue weighted by Crippen LogP contribution is -2.35. The van der Waals surface area contributed by atoms with Crippen LogP contribution in [-0.2, 0) is 9.47 Å². The third-order valence-corrected chi connectivity index (χ3v) is 3.62. The summed E-state index contributed by atoms with van der Waals surface area (Å²) in [5, 5.41) is 13.0. The molecule has 0 amide bonds. The summed E-state index contributed by atoms with van der Waals surface area (Å²) in [5.74, 6) is 0.639. The van der Waals surface area contributed by atoms with Gasteiger partial charge in [0.25, 0.3) is 0 Å². The molecule has 1 rings (SSSR count). The minimum Gasteiger partial charge on any atom is -0.389 e. The van der Waals surface area contributed by atoms with Gasteiger partial charge in [0, 0.05) is 20.3 Å². The largest absolute Gasteiger partial charge is 0.389 e. The summed E-state index contributed by atoms with van der Waals surface area (Å²) in [6, 6.07) is 0. The Labute approximate surface area is 111 Å². The standard InChI is InChI=1S/C14H29NO3/c1-12-6-3-4-7-14(12)18-11-13(16)10-15-8-5-9-17-2/h12-16H,3-11H2,1-2H3. The zero-order chi connectivity index (χ0) is 13.2. The van der Waals surface area contributed by atoms with Crippen molar-refractivity contribution in [3.8, 4) is 0 Å². The minimum atomic E-state index is -0.401. The van der Waals surface area contributed by atoms with E-state index in [1.54, 1.807) is 7.11 Å². The topological polar surface area (TPSA) is 50.7 Å². The lowest BCUT2D eigenvalue weighted by Gasteiger charge is -2.29. The van der Waals surface area contributed by atoms with Crippen LogP contribution in [-0.4, -0.2) is 50.7 Å². The van der Waals surface area contributed by atoms with E-state index in [1.807, 2.05) is 0 Å². The molecule has 0 aromatic carbocycles. The first-order chi connectivity index (χ1) is 8.74. The Balaban J connectivity index is 2.00. The summed E-state index contributed by atoms with van der Waals surface area (Å²) in [6.45, 7) is 4.94. The molecule has 0 radical (unpaired) electrons. The summed E-state index contributed by atoms with van der Waals surface area (Å²) in [6.07, 6.45) is 5.92. The second-order valence-corrected chi connectivity index (χ2v) is 5.34. The molecular weight excluding hydrogens is 230 g/mol. The maximum absolute atomic E-state index is 9.80. The average Bonchev–Trinajstić information content (AvgIpc) is 2.37. The first-order valence-corrected chi connectivity index (χ1v) is 7.23. The van der Waals surface area contributed by atoms with Crippen molar-refractivity contribution in [1.29, 1.82) is 0 Å². The SMILES string of the molecule is COCCCNCC(O)COC1CCCCC1C. The van der Waals surface area contributed by atoms with Crippen molar-refractivity contribution in [2.24, 2.45) is 5.92 Å². The fourth-order valence-electron chi connectivity index (χ4n) is 2.43. The van der Waals surface area contributed by atoms with Gasteiger partial charge in [-0.25, -0.2) is 0 Å². The number of hydrogen-bond donors (Lipinski definition) is 2. The molecule has 3 unspecified atom stereocenters. The maximum atomic E-state index is 9.80. The Kier molecular flexibility index (Phi) is 8.59.